The molecule has 6 rings (SSSR count). The zero-order valence-electron chi connectivity index (χ0n) is 43.0. The van der Waals surface area contributed by atoms with Crippen molar-refractivity contribution in [1.82, 2.24) is 34.9 Å². The Balaban J connectivity index is 1.18. The lowest BCUT2D eigenvalue weighted by Crippen LogP contribution is -2.65. The fraction of sp³-hybridized carbons (Fsp3) is 0.444. The van der Waals surface area contributed by atoms with Gasteiger partial charge in [-0.05, 0) is 115 Å². The van der Waals surface area contributed by atoms with Gasteiger partial charge in [-0.25, -0.2) is 9.37 Å². The van der Waals surface area contributed by atoms with Crippen LogP contribution in [0.2, 0.25) is 10.0 Å². The fourth-order valence-electron chi connectivity index (χ4n) is 9.05. The quantitative estimate of drug-likeness (QED) is 0.0430. The molecule has 1 fully saturated rings. The normalized spacial score (nSPS) is 16.2. The van der Waals surface area contributed by atoms with Crippen LogP contribution in [0.5, 0.6) is 11.5 Å². The number of amides is 3. The lowest BCUT2D eigenvalue weighted by molar-refractivity contribution is -0.614. The van der Waals surface area contributed by atoms with Crippen molar-refractivity contribution in [1.29, 1.82) is 0 Å². The first-order chi connectivity index (χ1) is 34.6. The molecule has 73 heavy (non-hydrogen) atoms. The van der Waals surface area contributed by atoms with Gasteiger partial charge < -0.3 is 49.3 Å². The van der Waals surface area contributed by atoms with Crippen LogP contribution in [-0.4, -0.2) is 119 Å². The van der Waals surface area contributed by atoms with Crippen LogP contribution in [0.25, 0.3) is 11.3 Å². The summed E-state index contributed by atoms with van der Waals surface area (Å²) in [6, 6.07) is 20.0. The summed E-state index contributed by atoms with van der Waals surface area (Å²) in [5.41, 5.74) is 1.30. The molecule has 0 radical (unpaired) electrons. The van der Waals surface area contributed by atoms with Gasteiger partial charge in [-0.15, -0.1) is 0 Å². The Bertz CT molecular complexity index is 2720. The summed E-state index contributed by atoms with van der Waals surface area (Å²) in [4.78, 5) is 66.6. The van der Waals surface area contributed by atoms with E-state index in [1.807, 2.05) is 61.1 Å². The van der Waals surface area contributed by atoms with Crippen LogP contribution >= 0.6 is 23.2 Å². The van der Waals surface area contributed by atoms with Crippen molar-refractivity contribution in [2.75, 3.05) is 47.9 Å². The molecular weight excluding hydrogens is 979 g/mol. The number of imidazole rings is 1. The van der Waals surface area contributed by atoms with Gasteiger partial charge in [-0.3, -0.25) is 19.2 Å². The van der Waals surface area contributed by atoms with E-state index < -0.39 is 52.7 Å². The number of carbonyl (C=O) groups excluding carboxylic acids is 4. The lowest BCUT2D eigenvalue weighted by Gasteiger charge is -2.49. The van der Waals surface area contributed by atoms with Crippen molar-refractivity contribution >= 4 is 46.9 Å². The minimum absolute atomic E-state index is 0.0232. The van der Waals surface area contributed by atoms with E-state index in [4.69, 9.17) is 37.4 Å². The highest BCUT2D eigenvalue weighted by molar-refractivity contribution is 6.31. The Hall–Kier alpha value is -6.11. The molecule has 3 unspecified atom stereocenters. The Morgan fingerprint density at radius 2 is 1.71 bits per heavy atom. The Morgan fingerprint density at radius 1 is 1.00 bits per heavy atom. The van der Waals surface area contributed by atoms with Crippen LogP contribution in [-0.2, 0) is 61.6 Å². The van der Waals surface area contributed by atoms with E-state index in [0.29, 0.717) is 53.5 Å². The van der Waals surface area contributed by atoms with Gasteiger partial charge in [-0.1, -0.05) is 41.4 Å². The number of benzene rings is 3. The summed E-state index contributed by atoms with van der Waals surface area (Å²) in [5, 5.41) is 19.4. The highest BCUT2D eigenvalue weighted by Gasteiger charge is 2.46. The summed E-state index contributed by atoms with van der Waals surface area (Å²) in [6.45, 7) is 7.57. The first kappa shape index (κ1) is 56.2. The molecule has 392 valence electrons. The maximum absolute atomic E-state index is 15.7. The molecule has 3 amide bonds. The number of pyridine rings is 1. The second kappa shape index (κ2) is 24.7. The van der Waals surface area contributed by atoms with Crippen molar-refractivity contribution in [3.8, 4) is 22.8 Å². The molecule has 2 N–H and O–H groups in total. The van der Waals surface area contributed by atoms with Crippen molar-refractivity contribution < 1.29 is 42.5 Å². The standard InChI is InChI=1S/C54H67Cl2FN8O8/c1-35(58-30-43-44(57)27-40(56)28-47(43)72-42-20-16-37(17-21-42)46-31-59-48(62(46)7)32-61(5)6)50(67)60-45(33-71-9)52(69)63(8)54(29-36-14-18-39(55)19-15-36)22-12-23-64(34-54)51(68)38(26-49(66)73-53(2,3)4)25-41-13-10-11-24-65(41)70/h10-11,13-21,24,27-28,31,35,38,45,58H,12,22-23,25-26,29-30,32-34H2,1-9H3,(H,60,67)/t35?,38?,45?,54-/m1/s1. The molecule has 1 aliphatic heterocycles. The van der Waals surface area contributed by atoms with Gasteiger partial charge in [0, 0.05) is 80.6 Å². The predicted molar refractivity (Wildman–Crippen MR) is 277 cm³/mol. The number of carbonyl (C=O) groups is 4. The van der Waals surface area contributed by atoms with Crippen molar-refractivity contribution in [3.05, 3.63) is 135 Å². The second-order valence-corrected chi connectivity index (χ2v) is 20.8. The summed E-state index contributed by atoms with van der Waals surface area (Å²) in [7, 11) is 8.98. The van der Waals surface area contributed by atoms with Gasteiger partial charge in [0.2, 0.25) is 17.7 Å². The van der Waals surface area contributed by atoms with Gasteiger partial charge >= 0.3 is 5.97 Å². The molecule has 0 aliphatic carbocycles. The molecule has 19 heteroatoms. The number of likely N-dealkylation sites (N-methyl/N-ethyl adjacent to an activating group) is 1. The zero-order chi connectivity index (χ0) is 53.2. The minimum Gasteiger partial charge on any atom is -0.619 e. The molecule has 1 aliphatic rings. The van der Waals surface area contributed by atoms with E-state index in [9.17, 15) is 24.4 Å². The van der Waals surface area contributed by atoms with Crippen LogP contribution < -0.4 is 20.1 Å². The summed E-state index contributed by atoms with van der Waals surface area (Å²) >= 11 is 12.6. The Morgan fingerprint density at radius 3 is 2.37 bits per heavy atom. The maximum atomic E-state index is 15.7. The van der Waals surface area contributed by atoms with Gasteiger partial charge in [0.25, 0.3) is 0 Å². The molecule has 3 aromatic carbocycles. The molecule has 2 aromatic heterocycles. The molecule has 0 bridgehead atoms. The SMILES string of the molecule is COCC(NC(=O)C(C)NCc1c(F)cc(Cl)cc1Oc1ccc(-c2cnc(CN(C)C)n2C)cc1)C(=O)N(C)[C@@]1(Cc2ccc(Cl)cc2)CCCN(C(=O)C(CC(=O)OC(C)(C)C)Cc2cccc[n+]2[O-])C1. The number of ether oxygens (including phenoxy) is 3. The zero-order valence-corrected chi connectivity index (χ0v) is 44.6. The molecule has 1 saturated heterocycles. The van der Waals surface area contributed by atoms with E-state index in [1.165, 1.54) is 25.4 Å². The molecular formula is C54H67Cl2FN8O8. The summed E-state index contributed by atoms with van der Waals surface area (Å²) < 4.78 is 35.7. The van der Waals surface area contributed by atoms with Gasteiger partial charge in [0.15, 0.2) is 11.9 Å². The number of methoxy groups -OCH3 is 1. The smallest absolute Gasteiger partial charge is 0.307 e. The van der Waals surface area contributed by atoms with Crippen LogP contribution in [0.1, 0.15) is 69.6 Å². The van der Waals surface area contributed by atoms with Crippen LogP contribution in [0.3, 0.4) is 0 Å². The maximum Gasteiger partial charge on any atom is 0.307 e. The lowest BCUT2D eigenvalue weighted by atomic mass is 9.80. The first-order valence-corrected chi connectivity index (χ1v) is 25.0. The summed E-state index contributed by atoms with van der Waals surface area (Å²) in [5.74, 6) is -2.09. The minimum atomic E-state index is -1.18. The van der Waals surface area contributed by atoms with Gasteiger partial charge in [0.1, 0.15) is 34.8 Å². The number of esters is 1. The first-order valence-electron chi connectivity index (χ1n) is 24.2. The molecule has 3 heterocycles. The van der Waals surface area contributed by atoms with Crippen LogP contribution in [0.4, 0.5) is 4.39 Å². The molecule has 16 nitrogen and oxygen atoms in total. The number of nitrogens with one attached hydrogen (secondary N) is 2. The number of piperidine rings is 1. The monoisotopic (exact) mass is 1040 g/mol. The van der Waals surface area contributed by atoms with E-state index >= 15 is 4.39 Å². The number of rotatable bonds is 21. The highest BCUT2D eigenvalue weighted by Crippen LogP contribution is 2.35. The average Bonchev–Trinajstić information content (AvgIpc) is 3.69. The van der Waals surface area contributed by atoms with E-state index in [0.717, 1.165) is 22.6 Å². The third-order valence-electron chi connectivity index (χ3n) is 12.9. The topological polar surface area (TPSA) is 175 Å². The molecule has 0 spiro atoms. The molecule has 0 saturated carbocycles. The summed E-state index contributed by atoms with van der Waals surface area (Å²) in [6.07, 6.45) is 4.14. The van der Waals surface area contributed by atoms with Gasteiger partial charge in [-0.2, -0.15) is 4.73 Å². The average molecular weight is 1050 g/mol. The van der Waals surface area contributed by atoms with Crippen molar-refractivity contribution in [2.24, 2.45) is 13.0 Å². The fourth-order valence-corrected chi connectivity index (χ4v) is 9.37. The number of likely N-dealkylation sites (tertiary alicyclic amines) is 1. The van der Waals surface area contributed by atoms with Crippen LogP contribution in [0, 0.1) is 16.9 Å². The number of hydrogen-bond donors (Lipinski definition) is 2. The number of halogens is 3. The Labute approximate surface area is 437 Å². The number of nitrogens with zero attached hydrogens (tertiary/aromatic N) is 6. The van der Waals surface area contributed by atoms with E-state index in [1.54, 1.807) is 87.0 Å². The highest BCUT2D eigenvalue weighted by atomic mass is 35.5. The number of hydrogen-bond acceptors (Lipinski definition) is 11. The van der Waals surface area contributed by atoms with Crippen molar-refractivity contribution in [3.63, 3.8) is 0 Å². The predicted octanol–water partition coefficient (Wildman–Crippen LogP) is 7.28. The Kier molecular flexibility index (Phi) is 19.0. The van der Waals surface area contributed by atoms with Gasteiger partial charge in [0.05, 0.1) is 49.0 Å². The van der Waals surface area contributed by atoms with E-state index in [2.05, 4.69) is 15.6 Å². The largest absolute Gasteiger partial charge is 0.619 e. The van der Waals surface area contributed by atoms with E-state index in [-0.39, 0.29) is 54.8 Å². The van der Waals surface area contributed by atoms with Crippen LogP contribution in [0.15, 0.2) is 91.3 Å². The third-order valence-corrected chi connectivity index (χ3v) is 13.3. The third kappa shape index (κ3) is 15.0. The number of aromatic nitrogens is 3. The molecule has 5 aromatic rings. The van der Waals surface area contributed by atoms with Crippen molar-refractivity contribution in [2.45, 2.75) is 96.1 Å². The molecule has 4 atom stereocenters. The second-order valence-electron chi connectivity index (χ2n) is 20.0.